The topological polar surface area (TPSA) is 70.1 Å². The summed E-state index contributed by atoms with van der Waals surface area (Å²) in [4.78, 5) is 28.5. The van der Waals surface area contributed by atoms with Crippen LogP contribution in [0.5, 0.6) is 0 Å². The zero-order chi connectivity index (χ0) is 17.8. The van der Waals surface area contributed by atoms with Crippen molar-refractivity contribution in [1.29, 1.82) is 0 Å². The van der Waals surface area contributed by atoms with Gasteiger partial charge < -0.3 is 14.7 Å². The molecule has 0 radical (unpaired) electrons. The Labute approximate surface area is 148 Å². The van der Waals surface area contributed by atoms with Crippen LogP contribution < -0.4 is 0 Å². The maximum atomic E-state index is 12.6. The third-order valence-electron chi connectivity index (χ3n) is 5.29. The third kappa shape index (κ3) is 4.02. The lowest BCUT2D eigenvalue weighted by Gasteiger charge is -2.41. The van der Waals surface area contributed by atoms with Crippen LogP contribution in [0.2, 0.25) is 0 Å². The van der Waals surface area contributed by atoms with Crippen molar-refractivity contribution in [3.63, 3.8) is 0 Å². The van der Waals surface area contributed by atoms with Crippen molar-refractivity contribution < 1.29 is 19.4 Å². The number of carboxylic acids is 1. The van der Waals surface area contributed by atoms with Crippen molar-refractivity contribution in [2.24, 2.45) is 5.92 Å². The molecule has 2 fully saturated rings. The van der Waals surface area contributed by atoms with E-state index >= 15 is 0 Å². The first-order chi connectivity index (χ1) is 12.1. The minimum absolute atomic E-state index is 0.0546. The van der Waals surface area contributed by atoms with E-state index in [1.54, 1.807) is 4.90 Å². The van der Waals surface area contributed by atoms with Crippen LogP contribution in [0.1, 0.15) is 30.0 Å². The van der Waals surface area contributed by atoms with Gasteiger partial charge in [-0.3, -0.25) is 14.5 Å². The van der Waals surface area contributed by atoms with E-state index in [-0.39, 0.29) is 11.9 Å². The summed E-state index contributed by atoms with van der Waals surface area (Å²) in [6.07, 6.45) is 0.712. The number of carbonyl (C=O) groups is 2. The lowest BCUT2D eigenvalue weighted by atomic mass is 9.82. The maximum Gasteiger partial charge on any atom is 0.308 e. The average Bonchev–Trinajstić information content (AvgIpc) is 2.61. The number of benzene rings is 1. The molecule has 1 aromatic carbocycles. The average molecular weight is 346 g/mol. The molecule has 1 N–H and O–H groups in total. The molecule has 2 heterocycles. The summed E-state index contributed by atoms with van der Waals surface area (Å²) >= 11 is 0. The number of piperidine rings is 1. The van der Waals surface area contributed by atoms with Gasteiger partial charge in [-0.15, -0.1) is 0 Å². The van der Waals surface area contributed by atoms with E-state index in [2.05, 4.69) is 4.90 Å². The number of morpholine rings is 1. The SMILES string of the molecule is Cc1ccccc1[C@@H]1[C@@H](C(=O)O)CCC(=O)N1CCN1CCOCC1. The van der Waals surface area contributed by atoms with Crippen molar-refractivity contribution in [1.82, 2.24) is 9.80 Å². The Morgan fingerprint density at radius 1 is 1.24 bits per heavy atom. The van der Waals surface area contributed by atoms with Crippen LogP contribution in [0.15, 0.2) is 24.3 Å². The molecular weight excluding hydrogens is 320 g/mol. The zero-order valence-corrected chi connectivity index (χ0v) is 14.7. The Hall–Kier alpha value is -1.92. The summed E-state index contributed by atoms with van der Waals surface area (Å²) in [5.74, 6) is -1.32. The molecule has 2 aliphatic heterocycles. The zero-order valence-electron chi connectivity index (χ0n) is 14.7. The quantitative estimate of drug-likeness (QED) is 0.879. The van der Waals surface area contributed by atoms with Crippen LogP contribution in [0.3, 0.4) is 0 Å². The monoisotopic (exact) mass is 346 g/mol. The summed E-state index contributed by atoms with van der Waals surface area (Å²) in [5.41, 5.74) is 1.98. The Kier molecular flexibility index (Phi) is 5.71. The van der Waals surface area contributed by atoms with E-state index in [1.807, 2.05) is 31.2 Å². The summed E-state index contributed by atoms with van der Waals surface area (Å²) in [7, 11) is 0. The molecule has 0 spiro atoms. The van der Waals surface area contributed by atoms with E-state index in [9.17, 15) is 14.7 Å². The molecule has 0 unspecified atom stereocenters. The molecule has 6 heteroatoms. The largest absolute Gasteiger partial charge is 0.481 e. The van der Waals surface area contributed by atoms with Crippen molar-refractivity contribution >= 4 is 11.9 Å². The van der Waals surface area contributed by atoms with Gasteiger partial charge in [0.15, 0.2) is 0 Å². The van der Waals surface area contributed by atoms with Crippen LogP contribution in [0, 0.1) is 12.8 Å². The molecule has 2 atom stereocenters. The van der Waals surface area contributed by atoms with Crippen molar-refractivity contribution in [3.8, 4) is 0 Å². The first-order valence-corrected chi connectivity index (χ1v) is 8.96. The fourth-order valence-corrected chi connectivity index (χ4v) is 3.85. The van der Waals surface area contributed by atoms with E-state index in [1.165, 1.54) is 0 Å². The van der Waals surface area contributed by atoms with Gasteiger partial charge in [0.2, 0.25) is 5.91 Å². The predicted octanol–water partition coefficient (Wildman–Crippen LogP) is 1.69. The van der Waals surface area contributed by atoms with Crippen molar-refractivity contribution in [2.45, 2.75) is 25.8 Å². The summed E-state index contributed by atoms with van der Waals surface area (Å²) in [6.45, 7) is 6.44. The first kappa shape index (κ1) is 17.9. The van der Waals surface area contributed by atoms with Gasteiger partial charge >= 0.3 is 5.97 Å². The first-order valence-electron chi connectivity index (χ1n) is 8.96. The summed E-state index contributed by atoms with van der Waals surface area (Å²) < 4.78 is 5.37. The lowest BCUT2D eigenvalue weighted by molar-refractivity contribution is -0.152. The lowest BCUT2D eigenvalue weighted by Crippen LogP contribution is -2.49. The second-order valence-corrected chi connectivity index (χ2v) is 6.83. The number of aryl methyl sites for hydroxylation is 1. The van der Waals surface area contributed by atoms with E-state index < -0.39 is 11.9 Å². The van der Waals surface area contributed by atoms with Crippen LogP contribution in [-0.2, 0) is 14.3 Å². The Morgan fingerprint density at radius 3 is 2.64 bits per heavy atom. The molecule has 6 nitrogen and oxygen atoms in total. The highest BCUT2D eigenvalue weighted by molar-refractivity contribution is 5.82. The van der Waals surface area contributed by atoms with Crippen LogP contribution in [0.4, 0.5) is 0 Å². The Morgan fingerprint density at radius 2 is 1.96 bits per heavy atom. The van der Waals surface area contributed by atoms with Gasteiger partial charge in [0.25, 0.3) is 0 Å². The summed E-state index contributed by atoms with van der Waals surface area (Å²) in [5, 5.41) is 9.72. The smallest absolute Gasteiger partial charge is 0.308 e. The summed E-state index contributed by atoms with van der Waals surface area (Å²) in [6, 6.07) is 7.41. The molecule has 0 saturated carbocycles. The van der Waals surface area contributed by atoms with Gasteiger partial charge in [-0.25, -0.2) is 0 Å². The molecule has 0 bridgehead atoms. The molecule has 3 rings (SSSR count). The molecule has 0 aromatic heterocycles. The van der Waals surface area contributed by atoms with Gasteiger partial charge in [0.05, 0.1) is 25.2 Å². The number of ether oxygens (including phenoxy) is 1. The molecule has 25 heavy (non-hydrogen) atoms. The van der Waals surface area contributed by atoms with Crippen LogP contribution in [0.25, 0.3) is 0 Å². The van der Waals surface area contributed by atoms with Gasteiger partial charge in [-0.05, 0) is 24.5 Å². The number of nitrogens with zero attached hydrogens (tertiary/aromatic N) is 2. The van der Waals surface area contributed by atoms with Crippen molar-refractivity contribution in [3.05, 3.63) is 35.4 Å². The molecule has 1 aromatic rings. The number of carboxylic acid groups (broad SMARTS) is 1. The highest BCUT2D eigenvalue weighted by atomic mass is 16.5. The number of carbonyl (C=O) groups excluding carboxylic acids is 1. The standard InChI is InChI=1S/C19H26N2O4/c1-14-4-2-3-5-15(14)18-16(19(23)24)6-7-17(22)21(18)9-8-20-10-12-25-13-11-20/h2-5,16,18H,6-13H2,1H3,(H,23,24)/t16-,18+/m0/s1. The highest BCUT2D eigenvalue weighted by Crippen LogP contribution is 2.38. The fraction of sp³-hybridized carbons (Fsp3) is 0.579. The van der Waals surface area contributed by atoms with Gasteiger partial charge in [-0.2, -0.15) is 0 Å². The minimum Gasteiger partial charge on any atom is -0.481 e. The molecule has 0 aliphatic carbocycles. The van der Waals surface area contributed by atoms with Crippen molar-refractivity contribution in [2.75, 3.05) is 39.4 Å². The molecule has 2 aliphatic rings. The van der Waals surface area contributed by atoms with E-state index in [0.29, 0.717) is 32.6 Å². The molecule has 2 saturated heterocycles. The number of rotatable bonds is 5. The number of amides is 1. The Bertz CT molecular complexity index is 628. The van der Waals surface area contributed by atoms with Gasteiger partial charge in [0, 0.05) is 32.6 Å². The van der Waals surface area contributed by atoms with Crippen LogP contribution >= 0.6 is 0 Å². The number of likely N-dealkylation sites (tertiary alicyclic amines) is 1. The number of hydrogen-bond acceptors (Lipinski definition) is 4. The third-order valence-corrected chi connectivity index (χ3v) is 5.29. The second kappa shape index (κ2) is 7.97. The van der Waals surface area contributed by atoms with Crippen LogP contribution in [-0.4, -0.2) is 66.2 Å². The highest BCUT2D eigenvalue weighted by Gasteiger charge is 2.41. The number of hydrogen-bond donors (Lipinski definition) is 1. The predicted molar refractivity (Wildman–Crippen MR) is 93.3 cm³/mol. The van der Waals surface area contributed by atoms with Gasteiger partial charge in [-0.1, -0.05) is 24.3 Å². The normalized spacial score (nSPS) is 25.2. The maximum absolute atomic E-state index is 12.6. The number of aliphatic carboxylic acids is 1. The molecular formula is C19H26N2O4. The molecule has 136 valence electrons. The molecule has 1 amide bonds. The minimum atomic E-state index is -0.822. The second-order valence-electron chi connectivity index (χ2n) is 6.83. The van der Waals surface area contributed by atoms with Gasteiger partial charge in [0.1, 0.15) is 0 Å². The Balaban J connectivity index is 1.83. The van der Waals surface area contributed by atoms with E-state index in [0.717, 1.165) is 30.8 Å². The fourth-order valence-electron chi connectivity index (χ4n) is 3.85. The van der Waals surface area contributed by atoms with E-state index in [4.69, 9.17) is 4.74 Å².